The molecule has 0 fully saturated rings. The molecule has 1 N–H and O–H groups in total. The number of rotatable bonds is 5. The largest absolute Gasteiger partial charge is 0.357 e. The van der Waals surface area contributed by atoms with Gasteiger partial charge in [0.25, 0.3) is 0 Å². The molecule has 0 unspecified atom stereocenters. The molecule has 1 aromatic heterocycles. The highest BCUT2D eigenvalue weighted by molar-refractivity contribution is 6.32. The van der Waals surface area contributed by atoms with Crippen molar-refractivity contribution >= 4 is 23.4 Å². The number of hydrogen-bond donors (Lipinski definition) is 1. The monoisotopic (exact) mass is 242 g/mol. The summed E-state index contributed by atoms with van der Waals surface area (Å²) in [5, 5.41) is 3.52. The topological polar surface area (TPSA) is 41.1 Å². The van der Waals surface area contributed by atoms with E-state index in [-0.39, 0.29) is 0 Å². The molecule has 16 heavy (non-hydrogen) atoms. The van der Waals surface area contributed by atoms with Crippen LogP contribution in [0.4, 0.5) is 11.8 Å². The molecule has 0 aliphatic carbocycles. The number of hydrogen-bond acceptors (Lipinski definition) is 4. The van der Waals surface area contributed by atoms with Gasteiger partial charge in [-0.05, 0) is 20.3 Å². The summed E-state index contributed by atoms with van der Waals surface area (Å²) in [5.74, 6) is 1.40. The van der Waals surface area contributed by atoms with Gasteiger partial charge in [0.15, 0.2) is 5.82 Å². The zero-order valence-electron chi connectivity index (χ0n) is 10.3. The Labute approximate surface area is 102 Å². The lowest BCUT2D eigenvalue weighted by molar-refractivity contribution is 0.661. The van der Waals surface area contributed by atoms with Crippen LogP contribution >= 0.6 is 11.6 Å². The molecule has 5 heteroatoms. The van der Waals surface area contributed by atoms with E-state index in [4.69, 9.17) is 11.6 Å². The summed E-state index contributed by atoms with van der Waals surface area (Å²) >= 11 is 6.13. The molecule has 90 valence electrons. The van der Waals surface area contributed by atoms with Gasteiger partial charge in [-0.3, -0.25) is 0 Å². The van der Waals surface area contributed by atoms with Gasteiger partial charge < -0.3 is 10.2 Å². The third-order valence-electron chi connectivity index (χ3n) is 2.31. The van der Waals surface area contributed by atoms with Crippen molar-refractivity contribution in [3.05, 3.63) is 11.2 Å². The predicted molar refractivity (Wildman–Crippen MR) is 69.4 cm³/mol. The van der Waals surface area contributed by atoms with Crippen LogP contribution in [-0.2, 0) is 0 Å². The van der Waals surface area contributed by atoms with E-state index < -0.39 is 0 Å². The van der Waals surface area contributed by atoms with Gasteiger partial charge in [-0.2, -0.15) is 4.98 Å². The first-order valence-corrected chi connectivity index (χ1v) is 5.94. The lowest BCUT2D eigenvalue weighted by Crippen LogP contribution is -2.32. The van der Waals surface area contributed by atoms with Crippen LogP contribution in [0, 0.1) is 0 Å². The fourth-order valence-electron chi connectivity index (χ4n) is 1.53. The van der Waals surface area contributed by atoms with E-state index in [0.717, 1.165) is 18.8 Å². The maximum atomic E-state index is 6.13. The van der Waals surface area contributed by atoms with Gasteiger partial charge in [0.1, 0.15) is 5.02 Å². The van der Waals surface area contributed by atoms with E-state index in [1.165, 1.54) is 0 Å². The van der Waals surface area contributed by atoms with Crippen LogP contribution in [0.1, 0.15) is 27.2 Å². The predicted octanol–water partition coefficient (Wildman–Crippen LogP) is 2.80. The Balaban J connectivity index is 3.06. The first-order valence-electron chi connectivity index (χ1n) is 5.57. The zero-order chi connectivity index (χ0) is 12.1. The molecule has 0 spiro atoms. The molecule has 1 aromatic rings. The van der Waals surface area contributed by atoms with Crippen LogP contribution in [0.3, 0.4) is 0 Å². The van der Waals surface area contributed by atoms with E-state index in [1.807, 2.05) is 0 Å². The Hall–Kier alpha value is -1.03. The van der Waals surface area contributed by atoms with Crippen LogP contribution in [-0.4, -0.2) is 29.6 Å². The second kappa shape index (κ2) is 5.89. The van der Waals surface area contributed by atoms with E-state index in [1.54, 1.807) is 13.2 Å². The molecule has 0 aliphatic heterocycles. The van der Waals surface area contributed by atoms with Crippen molar-refractivity contribution in [2.24, 2.45) is 0 Å². The molecular weight excluding hydrogens is 224 g/mol. The minimum absolute atomic E-state index is 0.372. The van der Waals surface area contributed by atoms with Crippen molar-refractivity contribution in [3.8, 4) is 0 Å². The molecule has 0 atom stereocenters. The normalized spacial score (nSPS) is 10.6. The van der Waals surface area contributed by atoms with Crippen LogP contribution in [0.5, 0.6) is 0 Å². The van der Waals surface area contributed by atoms with Crippen molar-refractivity contribution in [2.75, 3.05) is 23.8 Å². The standard InChI is InChI=1S/C11H19ClN4/c1-5-6-16(8(2)3)10-9(12)7-14-11(13-4)15-10/h7-8H,5-6H2,1-4H3,(H,13,14,15). The SMILES string of the molecule is CCCN(c1nc(NC)ncc1Cl)C(C)C. The van der Waals surface area contributed by atoms with Gasteiger partial charge in [0, 0.05) is 19.6 Å². The van der Waals surface area contributed by atoms with Crippen LogP contribution < -0.4 is 10.2 Å². The minimum atomic E-state index is 0.372. The Morgan fingerprint density at radius 1 is 1.50 bits per heavy atom. The van der Waals surface area contributed by atoms with E-state index in [9.17, 15) is 0 Å². The number of halogens is 1. The van der Waals surface area contributed by atoms with Crippen molar-refractivity contribution in [1.82, 2.24) is 9.97 Å². The first kappa shape index (κ1) is 13.0. The molecular formula is C11H19ClN4. The van der Waals surface area contributed by atoms with Crippen molar-refractivity contribution in [1.29, 1.82) is 0 Å². The lowest BCUT2D eigenvalue weighted by Gasteiger charge is -2.28. The Kier molecular flexibility index (Phi) is 4.80. The maximum Gasteiger partial charge on any atom is 0.224 e. The lowest BCUT2D eigenvalue weighted by atomic mass is 10.3. The van der Waals surface area contributed by atoms with Gasteiger partial charge in [0.05, 0.1) is 6.20 Å². The van der Waals surface area contributed by atoms with E-state index in [2.05, 4.69) is 41.0 Å². The second-order valence-electron chi connectivity index (χ2n) is 3.90. The zero-order valence-corrected chi connectivity index (χ0v) is 11.0. The fourth-order valence-corrected chi connectivity index (χ4v) is 1.73. The van der Waals surface area contributed by atoms with Crippen LogP contribution in [0.25, 0.3) is 0 Å². The molecule has 0 saturated heterocycles. The van der Waals surface area contributed by atoms with Gasteiger partial charge in [-0.25, -0.2) is 4.98 Å². The average Bonchev–Trinajstić information content (AvgIpc) is 2.27. The van der Waals surface area contributed by atoms with Gasteiger partial charge in [-0.15, -0.1) is 0 Å². The van der Waals surface area contributed by atoms with Crippen molar-refractivity contribution in [2.45, 2.75) is 33.2 Å². The minimum Gasteiger partial charge on any atom is -0.357 e. The Bertz CT molecular complexity index is 341. The highest BCUT2D eigenvalue weighted by atomic mass is 35.5. The van der Waals surface area contributed by atoms with E-state index in [0.29, 0.717) is 17.0 Å². The number of nitrogens with one attached hydrogen (secondary N) is 1. The smallest absolute Gasteiger partial charge is 0.224 e. The average molecular weight is 243 g/mol. The second-order valence-corrected chi connectivity index (χ2v) is 4.31. The molecule has 0 aromatic carbocycles. The third kappa shape index (κ3) is 2.98. The summed E-state index contributed by atoms with van der Waals surface area (Å²) in [5.41, 5.74) is 0. The van der Waals surface area contributed by atoms with Gasteiger partial charge in [-0.1, -0.05) is 18.5 Å². The molecule has 0 amide bonds. The maximum absolute atomic E-state index is 6.13. The summed E-state index contributed by atoms with van der Waals surface area (Å²) in [7, 11) is 1.80. The van der Waals surface area contributed by atoms with E-state index >= 15 is 0 Å². The molecule has 0 bridgehead atoms. The molecule has 0 saturated carbocycles. The Morgan fingerprint density at radius 3 is 2.69 bits per heavy atom. The van der Waals surface area contributed by atoms with Crippen LogP contribution in [0.2, 0.25) is 5.02 Å². The molecule has 0 aliphatic rings. The summed E-state index contributed by atoms with van der Waals surface area (Å²) in [6.45, 7) is 7.35. The quantitative estimate of drug-likeness (QED) is 0.862. The summed E-state index contributed by atoms with van der Waals surface area (Å²) in [6, 6.07) is 0.372. The fraction of sp³-hybridized carbons (Fsp3) is 0.636. The highest BCUT2D eigenvalue weighted by Gasteiger charge is 2.15. The van der Waals surface area contributed by atoms with Gasteiger partial charge >= 0.3 is 0 Å². The van der Waals surface area contributed by atoms with Crippen LogP contribution in [0.15, 0.2) is 6.20 Å². The Morgan fingerprint density at radius 2 is 2.19 bits per heavy atom. The summed E-state index contributed by atoms with van der Waals surface area (Å²) in [6.07, 6.45) is 2.70. The number of nitrogens with zero attached hydrogens (tertiary/aromatic N) is 3. The summed E-state index contributed by atoms with van der Waals surface area (Å²) in [4.78, 5) is 10.7. The first-order chi connectivity index (χ1) is 7.60. The number of aromatic nitrogens is 2. The van der Waals surface area contributed by atoms with Gasteiger partial charge in [0.2, 0.25) is 5.95 Å². The molecule has 4 nitrogen and oxygen atoms in total. The third-order valence-corrected chi connectivity index (χ3v) is 2.58. The summed E-state index contributed by atoms with van der Waals surface area (Å²) < 4.78 is 0. The molecule has 0 radical (unpaired) electrons. The highest BCUT2D eigenvalue weighted by Crippen LogP contribution is 2.25. The molecule has 1 rings (SSSR count). The van der Waals surface area contributed by atoms with Crippen molar-refractivity contribution in [3.63, 3.8) is 0 Å². The molecule has 1 heterocycles. The van der Waals surface area contributed by atoms with Crippen molar-refractivity contribution < 1.29 is 0 Å². The number of anilines is 2.